The Hall–Kier alpha value is -3.33. The fraction of sp³-hybridized carbons (Fsp3) is 0.364. The van der Waals surface area contributed by atoms with Crippen LogP contribution in [-0.4, -0.2) is 55.0 Å². The number of nitrogens with one attached hydrogen (secondary N) is 1. The molecule has 2 aliphatic rings. The van der Waals surface area contributed by atoms with Gasteiger partial charge in [-0.2, -0.15) is 5.10 Å². The second-order valence-corrected chi connectivity index (χ2v) is 8.47. The van der Waals surface area contributed by atoms with Crippen molar-refractivity contribution in [2.75, 3.05) is 18.0 Å². The highest BCUT2D eigenvalue weighted by Crippen LogP contribution is 2.35. The third-order valence-electron chi connectivity index (χ3n) is 6.05. The van der Waals surface area contributed by atoms with Crippen molar-refractivity contribution < 1.29 is 9.50 Å². The van der Waals surface area contributed by atoms with E-state index in [4.69, 9.17) is 0 Å². The fourth-order valence-electron chi connectivity index (χ4n) is 4.32. The summed E-state index contributed by atoms with van der Waals surface area (Å²) in [5, 5.41) is 18.7. The molecule has 1 aliphatic heterocycles. The van der Waals surface area contributed by atoms with Gasteiger partial charge in [-0.15, -0.1) is 0 Å². The van der Waals surface area contributed by atoms with Gasteiger partial charge in [-0.25, -0.2) is 19.3 Å². The molecule has 1 saturated carbocycles. The first-order valence-electron chi connectivity index (χ1n) is 10.5. The maximum Gasteiger partial charge on any atom is 0.193 e. The number of aromatic hydroxyl groups is 1. The molecule has 0 spiro atoms. The number of pyridine rings is 1. The van der Waals surface area contributed by atoms with E-state index in [1.54, 1.807) is 19.3 Å². The molecule has 1 atom stereocenters. The Morgan fingerprint density at radius 1 is 1.16 bits per heavy atom. The molecular formula is C22H22FN7O. The number of phenolic OH excluding ortho intramolecular Hbond substituents is 1. The molecule has 8 nitrogen and oxygen atoms in total. The van der Waals surface area contributed by atoms with E-state index < -0.39 is 11.6 Å². The predicted octanol–water partition coefficient (Wildman–Crippen LogP) is 2.75. The Kier molecular flexibility index (Phi) is 4.07. The van der Waals surface area contributed by atoms with Crippen LogP contribution in [0.15, 0.2) is 30.6 Å². The number of nitrogens with zero attached hydrogens (tertiary/aromatic N) is 6. The van der Waals surface area contributed by atoms with Crippen LogP contribution in [0.4, 0.5) is 10.2 Å². The van der Waals surface area contributed by atoms with Crippen molar-refractivity contribution in [3.8, 4) is 17.0 Å². The summed E-state index contributed by atoms with van der Waals surface area (Å²) >= 11 is 0. The fourth-order valence-corrected chi connectivity index (χ4v) is 4.32. The lowest BCUT2D eigenvalue weighted by molar-refractivity contribution is 0.437. The third-order valence-corrected chi connectivity index (χ3v) is 6.05. The lowest BCUT2D eigenvalue weighted by Gasteiger charge is -2.18. The minimum absolute atomic E-state index is 0.129. The highest BCUT2D eigenvalue weighted by molar-refractivity contribution is 5.88. The number of rotatable bonds is 4. The summed E-state index contributed by atoms with van der Waals surface area (Å²) in [7, 11) is 1.71. The van der Waals surface area contributed by atoms with Crippen molar-refractivity contribution in [3.63, 3.8) is 0 Å². The number of hydrogen-bond donors (Lipinski definition) is 2. The molecule has 1 aliphatic carbocycles. The topological polar surface area (TPSA) is 92.0 Å². The average Bonchev–Trinajstić information content (AvgIpc) is 3.32. The number of anilines is 1. The summed E-state index contributed by atoms with van der Waals surface area (Å²) in [4.78, 5) is 16.0. The number of halogens is 1. The molecule has 6 rings (SSSR count). The van der Waals surface area contributed by atoms with E-state index in [0.29, 0.717) is 34.3 Å². The van der Waals surface area contributed by atoms with Gasteiger partial charge in [-0.05, 0) is 37.5 Å². The molecule has 4 heterocycles. The minimum Gasteiger partial charge on any atom is -0.504 e. The molecule has 9 heteroatoms. The second kappa shape index (κ2) is 6.84. The highest BCUT2D eigenvalue weighted by atomic mass is 19.1. The first kappa shape index (κ1) is 18.4. The molecule has 1 aromatic carbocycles. The molecule has 0 amide bonds. The zero-order valence-corrected chi connectivity index (χ0v) is 17.1. The molecule has 0 radical (unpaired) electrons. The van der Waals surface area contributed by atoms with Crippen LogP contribution < -0.4 is 10.2 Å². The van der Waals surface area contributed by atoms with Crippen LogP contribution in [0.5, 0.6) is 5.75 Å². The Bertz CT molecular complexity index is 1320. The molecule has 2 fully saturated rings. The third kappa shape index (κ3) is 3.25. The van der Waals surface area contributed by atoms with E-state index in [1.165, 1.54) is 23.7 Å². The second-order valence-electron chi connectivity index (χ2n) is 8.47. The van der Waals surface area contributed by atoms with E-state index in [-0.39, 0.29) is 11.1 Å². The van der Waals surface area contributed by atoms with Crippen LogP contribution in [0.3, 0.4) is 0 Å². The van der Waals surface area contributed by atoms with Gasteiger partial charge >= 0.3 is 0 Å². The van der Waals surface area contributed by atoms with Gasteiger partial charge in [0.25, 0.3) is 0 Å². The van der Waals surface area contributed by atoms with Crippen LogP contribution in [0.1, 0.15) is 19.3 Å². The Labute approximate surface area is 177 Å². The van der Waals surface area contributed by atoms with E-state index in [9.17, 15) is 9.50 Å². The summed E-state index contributed by atoms with van der Waals surface area (Å²) in [6.45, 7) is 1.91. The van der Waals surface area contributed by atoms with E-state index >= 15 is 0 Å². The highest BCUT2D eigenvalue weighted by Gasteiger charge is 2.29. The van der Waals surface area contributed by atoms with Crippen LogP contribution in [0, 0.1) is 5.82 Å². The van der Waals surface area contributed by atoms with Crippen LogP contribution >= 0.6 is 0 Å². The molecule has 31 heavy (non-hydrogen) atoms. The molecule has 2 N–H and O–H groups in total. The average molecular weight is 419 g/mol. The van der Waals surface area contributed by atoms with Crippen LogP contribution in [0.25, 0.3) is 33.3 Å². The van der Waals surface area contributed by atoms with Gasteiger partial charge in [0.05, 0.1) is 11.9 Å². The predicted molar refractivity (Wildman–Crippen MR) is 115 cm³/mol. The van der Waals surface area contributed by atoms with Crippen LogP contribution in [0.2, 0.25) is 0 Å². The minimum atomic E-state index is -0.758. The molecule has 0 unspecified atom stereocenters. The smallest absolute Gasteiger partial charge is 0.193 e. The van der Waals surface area contributed by atoms with Crippen molar-refractivity contribution in [1.29, 1.82) is 0 Å². The summed E-state index contributed by atoms with van der Waals surface area (Å²) in [5.74, 6) is -0.345. The van der Waals surface area contributed by atoms with Crippen molar-refractivity contribution in [3.05, 3.63) is 36.4 Å². The molecule has 0 bridgehead atoms. The number of aryl methyl sites for hydroxylation is 1. The number of phenols is 1. The number of fused-ring (bicyclic) bond motifs is 2. The molecule has 3 aromatic heterocycles. The maximum atomic E-state index is 14.6. The molecule has 1 saturated heterocycles. The van der Waals surface area contributed by atoms with Crippen molar-refractivity contribution >= 4 is 27.9 Å². The molecule has 158 valence electrons. The first-order chi connectivity index (χ1) is 15.0. The summed E-state index contributed by atoms with van der Waals surface area (Å²) in [5.41, 5.74) is 1.93. The molecule has 4 aromatic rings. The summed E-state index contributed by atoms with van der Waals surface area (Å²) in [6, 6.07) is 6.72. The van der Waals surface area contributed by atoms with Gasteiger partial charge in [-0.3, -0.25) is 4.68 Å². The van der Waals surface area contributed by atoms with Gasteiger partial charge in [-0.1, -0.05) is 0 Å². The quantitative estimate of drug-likeness (QED) is 0.525. The standard InChI is InChI=1S/C22H22FN7O/c1-29-10-12-8-15(21(31)19(23)20(12)28-29)17-9-24-22-16(26-17)4-5-18(27-22)30-7-6-14(11-30)25-13-2-3-13/h4-5,8-10,13-14,25,31H,2-3,6-7,11H2,1H3/t14-/m1/s1. The Morgan fingerprint density at radius 3 is 2.87 bits per heavy atom. The van der Waals surface area contributed by atoms with Gasteiger partial charge in [0.2, 0.25) is 0 Å². The monoisotopic (exact) mass is 419 g/mol. The summed E-state index contributed by atoms with van der Waals surface area (Å²) < 4.78 is 16.1. The number of benzene rings is 1. The Morgan fingerprint density at radius 2 is 2.03 bits per heavy atom. The number of aromatic nitrogens is 5. The van der Waals surface area contributed by atoms with Crippen molar-refractivity contribution in [2.45, 2.75) is 31.3 Å². The van der Waals surface area contributed by atoms with Crippen molar-refractivity contribution in [2.24, 2.45) is 7.05 Å². The maximum absolute atomic E-state index is 14.6. The van der Waals surface area contributed by atoms with Crippen LogP contribution in [-0.2, 0) is 7.05 Å². The summed E-state index contributed by atoms with van der Waals surface area (Å²) in [6.07, 6.45) is 6.91. The van der Waals surface area contributed by atoms with E-state index in [1.807, 2.05) is 12.1 Å². The number of hydrogen-bond acceptors (Lipinski definition) is 7. The zero-order valence-electron chi connectivity index (χ0n) is 17.1. The lowest BCUT2D eigenvalue weighted by Crippen LogP contribution is -2.34. The first-order valence-corrected chi connectivity index (χ1v) is 10.5. The van der Waals surface area contributed by atoms with Gasteiger partial charge < -0.3 is 15.3 Å². The normalized spacial score (nSPS) is 19.0. The lowest BCUT2D eigenvalue weighted by atomic mass is 10.1. The largest absolute Gasteiger partial charge is 0.504 e. The van der Waals surface area contributed by atoms with Crippen molar-refractivity contribution in [1.82, 2.24) is 30.0 Å². The van der Waals surface area contributed by atoms with Gasteiger partial charge in [0.15, 0.2) is 17.2 Å². The van der Waals surface area contributed by atoms with E-state index in [0.717, 1.165) is 25.3 Å². The van der Waals surface area contributed by atoms with Gasteiger partial charge in [0.1, 0.15) is 16.9 Å². The molecular weight excluding hydrogens is 397 g/mol. The van der Waals surface area contributed by atoms with Gasteiger partial charge in [0, 0.05) is 49.4 Å². The Balaban J connectivity index is 1.32. The zero-order chi connectivity index (χ0) is 21.1. The van der Waals surface area contributed by atoms with E-state index in [2.05, 4.69) is 30.3 Å². The SMILES string of the molecule is Cn1cc2cc(-c3cnc4nc(N5CC[C@@H](NC6CC6)C5)ccc4n3)c(O)c(F)c2n1.